The zero-order chi connectivity index (χ0) is 18.2. The molecule has 25 heavy (non-hydrogen) atoms. The van der Waals surface area contributed by atoms with E-state index in [2.05, 4.69) is 15.8 Å². The molecule has 0 radical (unpaired) electrons. The highest BCUT2D eigenvalue weighted by atomic mass is 32.1. The Morgan fingerprint density at radius 2 is 2.00 bits per heavy atom. The number of methoxy groups -OCH3 is 2. The van der Waals surface area contributed by atoms with Crippen LogP contribution in [0.3, 0.4) is 0 Å². The van der Waals surface area contributed by atoms with Gasteiger partial charge in [0.25, 0.3) is 11.8 Å². The molecule has 0 saturated heterocycles. The van der Waals surface area contributed by atoms with E-state index in [1.807, 2.05) is 0 Å². The molecule has 0 saturated carbocycles. The van der Waals surface area contributed by atoms with Crippen molar-refractivity contribution in [2.45, 2.75) is 6.92 Å². The number of nitrogens with zero attached hydrogens (tertiary/aromatic N) is 1. The fourth-order valence-corrected chi connectivity index (χ4v) is 2.64. The highest BCUT2D eigenvalue weighted by Crippen LogP contribution is 2.24. The number of amides is 2. The third kappa shape index (κ3) is 5.05. The van der Waals surface area contributed by atoms with E-state index in [0.29, 0.717) is 22.1 Å². The first kappa shape index (κ1) is 18.5. The standard InChI is InChI=1S/C17H19N3O4S/c1-11(13-7-6-12(23-2)9-14(13)24-3)19-20-16(21)10-18-17(22)15-5-4-8-25-15/h4-9H,10H2,1-3H3,(H,18,22)(H,20,21). The third-order valence-corrected chi connectivity index (χ3v) is 4.17. The number of benzene rings is 1. The normalized spacial score (nSPS) is 10.9. The van der Waals surface area contributed by atoms with Crippen LogP contribution < -0.4 is 20.2 Å². The first-order chi connectivity index (χ1) is 12.0. The summed E-state index contributed by atoms with van der Waals surface area (Å²) in [6.07, 6.45) is 0. The quantitative estimate of drug-likeness (QED) is 0.583. The van der Waals surface area contributed by atoms with Gasteiger partial charge < -0.3 is 14.8 Å². The van der Waals surface area contributed by atoms with Gasteiger partial charge in [0.05, 0.1) is 31.4 Å². The van der Waals surface area contributed by atoms with Gasteiger partial charge in [-0.3, -0.25) is 9.59 Å². The van der Waals surface area contributed by atoms with Crippen molar-refractivity contribution >= 4 is 28.9 Å². The lowest BCUT2D eigenvalue weighted by Gasteiger charge is -2.10. The molecule has 2 aromatic rings. The molecule has 0 atom stereocenters. The molecule has 1 aromatic carbocycles. The van der Waals surface area contributed by atoms with E-state index in [1.54, 1.807) is 56.9 Å². The van der Waals surface area contributed by atoms with Crippen LogP contribution in [0.2, 0.25) is 0 Å². The summed E-state index contributed by atoms with van der Waals surface area (Å²) in [4.78, 5) is 24.1. The molecule has 0 aliphatic heterocycles. The predicted molar refractivity (Wildman–Crippen MR) is 96.6 cm³/mol. The van der Waals surface area contributed by atoms with Crippen molar-refractivity contribution < 1.29 is 19.1 Å². The number of hydrogen-bond acceptors (Lipinski definition) is 6. The van der Waals surface area contributed by atoms with Gasteiger partial charge in [-0.05, 0) is 30.5 Å². The van der Waals surface area contributed by atoms with Gasteiger partial charge in [-0.15, -0.1) is 11.3 Å². The lowest BCUT2D eigenvalue weighted by molar-refractivity contribution is -0.120. The molecule has 0 unspecified atom stereocenters. The van der Waals surface area contributed by atoms with Crippen molar-refractivity contribution in [2.75, 3.05) is 20.8 Å². The van der Waals surface area contributed by atoms with Gasteiger partial charge in [-0.2, -0.15) is 5.10 Å². The monoisotopic (exact) mass is 361 g/mol. The van der Waals surface area contributed by atoms with Crippen molar-refractivity contribution in [3.8, 4) is 11.5 Å². The molecule has 7 nitrogen and oxygen atoms in total. The van der Waals surface area contributed by atoms with Gasteiger partial charge in [0.2, 0.25) is 0 Å². The van der Waals surface area contributed by atoms with Crippen molar-refractivity contribution in [3.63, 3.8) is 0 Å². The zero-order valence-corrected chi connectivity index (χ0v) is 15.0. The van der Waals surface area contributed by atoms with Crippen LogP contribution in [-0.4, -0.2) is 38.3 Å². The van der Waals surface area contributed by atoms with E-state index in [4.69, 9.17) is 9.47 Å². The van der Waals surface area contributed by atoms with Crippen LogP contribution in [0.15, 0.2) is 40.8 Å². The summed E-state index contributed by atoms with van der Waals surface area (Å²) < 4.78 is 10.5. The number of hydrogen-bond donors (Lipinski definition) is 2. The maximum Gasteiger partial charge on any atom is 0.261 e. The smallest absolute Gasteiger partial charge is 0.261 e. The van der Waals surface area contributed by atoms with Crippen molar-refractivity contribution in [3.05, 3.63) is 46.2 Å². The van der Waals surface area contributed by atoms with Gasteiger partial charge in [0, 0.05) is 11.6 Å². The summed E-state index contributed by atoms with van der Waals surface area (Å²) in [5.41, 5.74) is 3.71. The van der Waals surface area contributed by atoms with Crippen LogP contribution in [0, 0.1) is 0 Å². The van der Waals surface area contributed by atoms with E-state index in [-0.39, 0.29) is 12.5 Å². The highest BCUT2D eigenvalue weighted by Gasteiger charge is 2.10. The maximum absolute atomic E-state index is 11.8. The minimum absolute atomic E-state index is 0.159. The van der Waals surface area contributed by atoms with E-state index in [1.165, 1.54) is 11.3 Å². The van der Waals surface area contributed by atoms with Crippen molar-refractivity contribution in [2.24, 2.45) is 5.10 Å². The van der Waals surface area contributed by atoms with Crippen molar-refractivity contribution in [1.29, 1.82) is 0 Å². The molecule has 0 bridgehead atoms. The Hall–Kier alpha value is -2.87. The topological polar surface area (TPSA) is 89.0 Å². The Balaban J connectivity index is 1.94. The van der Waals surface area contributed by atoms with Gasteiger partial charge in [0.1, 0.15) is 11.5 Å². The second-order valence-corrected chi connectivity index (χ2v) is 5.91. The predicted octanol–water partition coefficient (Wildman–Crippen LogP) is 2.04. The Bertz CT molecular complexity index is 772. The van der Waals surface area contributed by atoms with Crippen molar-refractivity contribution in [1.82, 2.24) is 10.7 Å². The fourth-order valence-electron chi connectivity index (χ4n) is 2.00. The zero-order valence-electron chi connectivity index (χ0n) is 14.2. The van der Waals surface area contributed by atoms with Crippen LogP contribution in [0.25, 0.3) is 0 Å². The number of nitrogens with one attached hydrogen (secondary N) is 2. The number of carbonyl (C=O) groups is 2. The molecule has 2 N–H and O–H groups in total. The van der Waals surface area contributed by atoms with E-state index >= 15 is 0 Å². The van der Waals surface area contributed by atoms with E-state index in [0.717, 1.165) is 5.56 Å². The average molecular weight is 361 g/mol. The molecule has 0 aliphatic carbocycles. The molecule has 0 fully saturated rings. The number of ether oxygens (including phenoxy) is 2. The average Bonchev–Trinajstić information content (AvgIpc) is 3.18. The Kier molecular flexibility index (Phi) is 6.53. The first-order valence-electron chi connectivity index (χ1n) is 7.42. The summed E-state index contributed by atoms with van der Waals surface area (Å²) in [6.45, 7) is 1.59. The summed E-state index contributed by atoms with van der Waals surface area (Å²) in [6, 6.07) is 8.77. The van der Waals surface area contributed by atoms with Gasteiger partial charge in [0.15, 0.2) is 0 Å². The molecular weight excluding hydrogens is 342 g/mol. The summed E-state index contributed by atoms with van der Waals surface area (Å²) in [5.74, 6) is 0.536. The van der Waals surface area contributed by atoms with Crippen LogP contribution >= 0.6 is 11.3 Å². The Morgan fingerprint density at radius 1 is 1.20 bits per heavy atom. The lowest BCUT2D eigenvalue weighted by Crippen LogP contribution is -2.34. The van der Waals surface area contributed by atoms with Gasteiger partial charge in [-0.25, -0.2) is 5.43 Å². The summed E-state index contributed by atoms with van der Waals surface area (Å²) in [5, 5.41) is 8.38. The molecule has 1 heterocycles. The minimum Gasteiger partial charge on any atom is -0.497 e. The molecule has 2 amide bonds. The molecule has 0 spiro atoms. The Labute approximate surface area is 149 Å². The molecular formula is C17H19N3O4S. The van der Waals surface area contributed by atoms with Gasteiger partial charge >= 0.3 is 0 Å². The second-order valence-electron chi connectivity index (χ2n) is 4.96. The first-order valence-corrected chi connectivity index (χ1v) is 8.30. The number of thiophene rings is 1. The van der Waals surface area contributed by atoms with E-state index in [9.17, 15) is 9.59 Å². The van der Waals surface area contributed by atoms with Crippen LogP contribution in [0.1, 0.15) is 22.2 Å². The molecule has 132 valence electrons. The largest absolute Gasteiger partial charge is 0.497 e. The van der Waals surface area contributed by atoms with Crippen LogP contribution in [0.4, 0.5) is 0 Å². The van der Waals surface area contributed by atoms with E-state index < -0.39 is 5.91 Å². The van der Waals surface area contributed by atoms with Crippen LogP contribution in [-0.2, 0) is 4.79 Å². The molecule has 1 aromatic heterocycles. The summed E-state index contributed by atoms with van der Waals surface area (Å²) in [7, 11) is 3.12. The molecule has 0 aliphatic rings. The number of carbonyl (C=O) groups excluding carboxylic acids is 2. The molecule has 2 rings (SSSR count). The maximum atomic E-state index is 11.8. The molecule has 8 heteroatoms. The SMILES string of the molecule is COc1ccc(C(C)=NNC(=O)CNC(=O)c2cccs2)c(OC)c1. The second kappa shape index (κ2) is 8.84. The fraction of sp³-hybridized carbons (Fsp3) is 0.235. The number of hydrazone groups is 1. The highest BCUT2D eigenvalue weighted by molar-refractivity contribution is 7.12. The third-order valence-electron chi connectivity index (χ3n) is 3.30. The van der Waals surface area contributed by atoms with Gasteiger partial charge in [-0.1, -0.05) is 6.07 Å². The Morgan fingerprint density at radius 3 is 2.64 bits per heavy atom. The number of rotatable bonds is 7. The van der Waals surface area contributed by atoms with Crippen LogP contribution in [0.5, 0.6) is 11.5 Å². The minimum atomic E-state index is -0.420. The lowest BCUT2D eigenvalue weighted by atomic mass is 10.1. The summed E-state index contributed by atoms with van der Waals surface area (Å²) >= 11 is 1.31.